The average molecular weight is 1070 g/mol. The maximum absolute atomic E-state index is 12.8. The first-order chi connectivity index (χ1) is 36.2. The van der Waals surface area contributed by atoms with Gasteiger partial charge in [0.1, 0.15) is 13.2 Å². The number of hydrogen-bond donors (Lipinski definition) is 4. The van der Waals surface area contributed by atoms with E-state index < -0.39 is 0 Å². The summed E-state index contributed by atoms with van der Waals surface area (Å²) in [7, 11) is 0. The second kappa shape index (κ2) is 24.5. The van der Waals surface area contributed by atoms with Gasteiger partial charge in [-0.15, -0.1) is 0 Å². The number of carbonyl (C=O) groups excluding carboxylic acids is 2. The van der Waals surface area contributed by atoms with Crippen LogP contribution in [-0.2, 0) is 22.7 Å². The van der Waals surface area contributed by atoms with Crippen LogP contribution in [0.2, 0.25) is 15.3 Å². The summed E-state index contributed by atoms with van der Waals surface area (Å²) in [5, 5.41) is 6.23. The number of ether oxygens (including phenoxy) is 2. The molecule has 4 aromatic heterocycles. The number of aryl methyl sites for hydroxylation is 2. The summed E-state index contributed by atoms with van der Waals surface area (Å²) >= 11 is 18.5. The normalized spacial score (nSPS) is 17.1. The molecule has 5 N–H and O–H groups in total. The standard InChI is InChI=1S/C28H27ClN6O2.C14H8Cl2N4.C14H20N2O2/c1-17-13-32-27(34-25(17)22-14-31-26-21(22)11-12-23(30-3)24(26)29)33-20-10-9-18(2)35(15-20)28(36)37-16-19-7-5-4-6-8-19;1-7-5-19-14(16)20-12(7)9-6-18-13-8(9)3-4-10(17-2)11(13)15;1-11-7-8-13(15)9-16(11)14(17)18-10-12-5-3-2-4-6-12/h4-8,11-14,18,20,31H,9-10,15-16H2,1-2H3,(H,32,33,34);3-6,18H,1H3;2-6,11,13H,7-10,15H2,1H3/t18-,20-;;11-,13-/m0.0/s1. The fourth-order valence-corrected chi connectivity index (χ4v) is 9.66. The van der Waals surface area contributed by atoms with E-state index in [2.05, 4.69) is 39.9 Å². The second-order valence-corrected chi connectivity index (χ2v) is 19.6. The van der Waals surface area contributed by atoms with Crippen molar-refractivity contribution < 1.29 is 19.1 Å². The number of aromatic amines is 2. The van der Waals surface area contributed by atoms with E-state index >= 15 is 0 Å². The van der Waals surface area contributed by atoms with Crippen molar-refractivity contribution >= 4 is 86.1 Å². The molecule has 2 fully saturated rings. The first-order valence-corrected chi connectivity index (χ1v) is 25.5. The van der Waals surface area contributed by atoms with Crippen molar-refractivity contribution in [2.24, 2.45) is 5.73 Å². The fourth-order valence-electron chi connectivity index (χ4n) is 9.00. The third-order valence-corrected chi connectivity index (χ3v) is 14.2. The van der Waals surface area contributed by atoms with Gasteiger partial charge < -0.3 is 40.3 Å². The number of halogens is 3. The van der Waals surface area contributed by atoms with Gasteiger partial charge in [0.25, 0.3) is 0 Å². The third-order valence-electron chi connectivity index (χ3n) is 13.2. The van der Waals surface area contributed by atoms with Crippen molar-refractivity contribution in [1.29, 1.82) is 0 Å². The first kappa shape index (κ1) is 53.6. The van der Waals surface area contributed by atoms with Gasteiger partial charge in [-0.3, -0.25) is 0 Å². The molecule has 6 heterocycles. The Labute approximate surface area is 450 Å². The zero-order chi connectivity index (χ0) is 53.2. The lowest BCUT2D eigenvalue weighted by Crippen LogP contribution is -2.50. The molecule has 2 saturated heterocycles. The molecule has 0 unspecified atom stereocenters. The maximum atomic E-state index is 12.8. The van der Waals surface area contributed by atoms with Gasteiger partial charge in [-0.25, -0.2) is 39.2 Å². The Morgan fingerprint density at radius 3 is 1.68 bits per heavy atom. The molecule has 75 heavy (non-hydrogen) atoms. The lowest BCUT2D eigenvalue weighted by atomic mass is 10.00. The van der Waals surface area contributed by atoms with Gasteiger partial charge >= 0.3 is 12.2 Å². The number of amides is 2. The van der Waals surface area contributed by atoms with E-state index in [-0.39, 0.29) is 48.2 Å². The van der Waals surface area contributed by atoms with Crippen molar-refractivity contribution in [3.63, 3.8) is 0 Å². The molecule has 8 aromatic rings. The zero-order valence-electron chi connectivity index (χ0n) is 41.8. The predicted octanol–water partition coefficient (Wildman–Crippen LogP) is 13.7. The molecule has 16 nitrogen and oxygen atoms in total. The highest BCUT2D eigenvalue weighted by molar-refractivity contribution is 6.39. The number of benzene rings is 4. The molecule has 384 valence electrons. The molecule has 0 saturated carbocycles. The monoisotopic (exact) mass is 1060 g/mol. The van der Waals surface area contributed by atoms with Crippen LogP contribution in [0, 0.1) is 27.0 Å². The van der Waals surface area contributed by atoms with Crippen LogP contribution in [0.15, 0.2) is 110 Å². The Bertz CT molecular complexity index is 3400. The van der Waals surface area contributed by atoms with Crippen LogP contribution in [0.25, 0.3) is 54.0 Å². The van der Waals surface area contributed by atoms with Gasteiger partial charge in [-0.05, 0) is 87.2 Å². The van der Waals surface area contributed by atoms with Crippen molar-refractivity contribution in [1.82, 2.24) is 39.7 Å². The van der Waals surface area contributed by atoms with Crippen LogP contribution in [0.4, 0.5) is 26.9 Å². The molecule has 2 aliphatic heterocycles. The lowest BCUT2D eigenvalue weighted by Gasteiger charge is -2.37. The molecule has 10 rings (SSSR count). The summed E-state index contributed by atoms with van der Waals surface area (Å²) < 4.78 is 10.9. The largest absolute Gasteiger partial charge is 0.445 e. The van der Waals surface area contributed by atoms with Crippen LogP contribution in [0.1, 0.15) is 61.8 Å². The fraction of sp³-hybridized carbons (Fsp3) is 0.286. The Morgan fingerprint density at radius 1 is 0.680 bits per heavy atom. The molecular weight excluding hydrogens is 1010 g/mol. The van der Waals surface area contributed by atoms with E-state index in [1.54, 1.807) is 34.3 Å². The summed E-state index contributed by atoms with van der Waals surface area (Å²) in [5.41, 5.74) is 15.2. The number of rotatable bonds is 8. The van der Waals surface area contributed by atoms with E-state index in [0.717, 1.165) is 86.7 Å². The van der Waals surface area contributed by atoms with Crippen LogP contribution >= 0.6 is 34.8 Å². The number of anilines is 1. The molecule has 0 aliphatic carbocycles. The molecule has 4 atom stereocenters. The lowest BCUT2D eigenvalue weighted by molar-refractivity contribution is 0.0678. The Balaban J connectivity index is 0.000000165. The minimum Gasteiger partial charge on any atom is -0.445 e. The van der Waals surface area contributed by atoms with Gasteiger partial charge in [0, 0.05) is 83.9 Å². The number of carbonyl (C=O) groups is 2. The molecule has 2 aliphatic rings. The first-order valence-electron chi connectivity index (χ1n) is 24.4. The van der Waals surface area contributed by atoms with Gasteiger partial charge in [0.05, 0.1) is 45.6 Å². The maximum Gasteiger partial charge on any atom is 0.410 e. The zero-order valence-corrected chi connectivity index (χ0v) is 44.0. The number of fused-ring (bicyclic) bond motifs is 2. The van der Waals surface area contributed by atoms with Crippen LogP contribution in [-0.4, -0.2) is 89.1 Å². The molecule has 19 heteroatoms. The molecule has 2 amide bonds. The van der Waals surface area contributed by atoms with Crippen molar-refractivity contribution in [3.05, 3.63) is 170 Å². The minimum atomic E-state index is -0.317. The smallest absolute Gasteiger partial charge is 0.410 e. The molecule has 0 radical (unpaired) electrons. The van der Waals surface area contributed by atoms with Gasteiger partial charge in [-0.1, -0.05) is 108 Å². The SMILES string of the molecule is C[C@H]1CC[C@H](N)CN1C(=O)OCc1ccccc1.[C-]#[N+]c1ccc2c(-c3nc(Cl)ncc3C)c[nH]c2c1Cl.[C-]#[N+]c1ccc2c(-c3nc(N[C@H]4CC[C@H](C)N(C(=O)OCc5ccccc5)C4)ncc3C)c[nH]c2c1Cl. The minimum absolute atomic E-state index is 0.00494. The molecular formula is C56H55Cl3N12O4. The third kappa shape index (κ3) is 12.8. The van der Waals surface area contributed by atoms with Gasteiger partial charge in [0.2, 0.25) is 22.6 Å². The number of nitrogens with one attached hydrogen (secondary N) is 3. The highest BCUT2D eigenvalue weighted by Gasteiger charge is 2.31. The highest BCUT2D eigenvalue weighted by Crippen LogP contribution is 2.39. The summed E-state index contributed by atoms with van der Waals surface area (Å²) in [6.45, 7) is 24.0. The quantitative estimate of drug-likeness (QED) is 0.0842. The summed E-state index contributed by atoms with van der Waals surface area (Å²) in [6, 6.07) is 26.9. The number of nitrogens with zero attached hydrogens (tertiary/aromatic N) is 8. The van der Waals surface area contributed by atoms with E-state index in [1.165, 1.54) is 0 Å². The average Bonchev–Trinajstić information content (AvgIpc) is 4.07. The number of piperidine rings is 2. The van der Waals surface area contributed by atoms with Gasteiger partial charge in [-0.2, -0.15) is 0 Å². The van der Waals surface area contributed by atoms with Gasteiger partial charge in [0.15, 0.2) is 0 Å². The summed E-state index contributed by atoms with van der Waals surface area (Å²) in [4.78, 5) is 59.0. The van der Waals surface area contributed by atoms with Crippen molar-refractivity contribution in [3.8, 4) is 22.5 Å². The van der Waals surface area contributed by atoms with Crippen LogP contribution in [0.5, 0.6) is 0 Å². The number of H-pyrrole nitrogens is 2. The Hall–Kier alpha value is -7.73. The number of hydrogen-bond acceptors (Lipinski definition) is 10. The number of aromatic nitrogens is 6. The summed E-state index contributed by atoms with van der Waals surface area (Å²) in [5.74, 6) is 0.496. The summed E-state index contributed by atoms with van der Waals surface area (Å²) in [6.07, 6.45) is 10.2. The Morgan fingerprint density at radius 2 is 1.16 bits per heavy atom. The number of nitrogens with two attached hydrogens (primary N) is 1. The molecule has 0 spiro atoms. The highest BCUT2D eigenvalue weighted by atomic mass is 35.5. The van der Waals surface area contributed by atoms with Crippen molar-refractivity contribution in [2.45, 2.75) is 90.8 Å². The predicted molar refractivity (Wildman–Crippen MR) is 295 cm³/mol. The topological polar surface area (TPSA) is 189 Å². The number of likely N-dealkylation sites (tertiary alicyclic amines) is 2. The van der Waals surface area contributed by atoms with E-state index in [0.29, 0.717) is 52.6 Å². The van der Waals surface area contributed by atoms with E-state index in [4.69, 9.17) is 68.1 Å². The van der Waals surface area contributed by atoms with E-state index in [9.17, 15) is 9.59 Å². The molecule has 0 bridgehead atoms. The van der Waals surface area contributed by atoms with Crippen LogP contribution in [0.3, 0.4) is 0 Å². The second-order valence-electron chi connectivity index (χ2n) is 18.5. The van der Waals surface area contributed by atoms with Crippen LogP contribution < -0.4 is 11.1 Å². The Kier molecular flexibility index (Phi) is 17.5. The van der Waals surface area contributed by atoms with E-state index in [1.807, 2.05) is 113 Å². The van der Waals surface area contributed by atoms with Crippen molar-refractivity contribution in [2.75, 3.05) is 18.4 Å². The molecule has 4 aromatic carbocycles.